The van der Waals surface area contributed by atoms with Crippen molar-refractivity contribution in [3.8, 4) is 0 Å². The van der Waals surface area contributed by atoms with E-state index in [4.69, 9.17) is 0 Å². The Kier molecular flexibility index (Phi) is 8.05. The Morgan fingerprint density at radius 2 is 1.86 bits per heavy atom. The second-order valence-electron chi connectivity index (χ2n) is 7.28. The predicted molar refractivity (Wildman–Crippen MR) is 120 cm³/mol. The first kappa shape index (κ1) is 22.0. The number of carbonyl (C=O) groups is 1. The molecule has 0 bridgehead atoms. The maximum absolute atomic E-state index is 11.8. The standard InChI is InChI=1S/C22H29BrN4O/c1-22(2,18-9-6-10-19(23)14-18)15-27-21(25-4)26-12-11-16-7-5-8-17(13-16)20(28)24-3/h5-10,13-14H,11-12,15H2,1-4H3,(H,24,28)(H2,25,26,27). The van der Waals surface area contributed by atoms with Gasteiger partial charge in [-0.15, -0.1) is 0 Å². The SMILES string of the molecule is CN=C(NCCc1cccc(C(=O)NC)c1)NCC(C)(C)c1cccc(Br)c1. The van der Waals surface area contributed by atoms with Crippen molar-refractivity contribution in [1.29, 1.82) is 0 Å². The lowest BCUT2D eigenvalue weighted by Crippen LogP contribution is -2.44. The Hall–Kier alpha value is -2.34. The highest BCUT2D eigenvalue weighted by Gasteiger charge is 2.21. The highest BCUT2D eigenvalue weighted by Crippen LogP contribution is 2.25. The van der Waals surface area contributed by atoms with Crippen LogP contribution in [-0.4, -0.2) is 39.1 Å². The molecule has 2 rings (SSSR count). The van der Waals surface area contributed by atoms with Crippen molar-refractivity contribution in [2.24, 2.45) is 4.99 Å². The number of rotatable bonds is 7. The summed E-state index contributed by atoms with van der Waals surface area (Å²) in [5.74, 6) is 0.701. The molecule has 2 aromatic rings. The number of benzene rings is 2. The van der Waals surface area contributed by atoms with Crippen LogP contribution < -0.4 is 16.0 Å². The van der Waals surface area contributed by atoms with Crippen molar-refractivity contribution in [3.05, 3.63) is 69.7 Å². The van der Waals surface area contributed by atoms with Crippen LogP contribution in [0.4, 0.5) is 0 Å². The molecule has 0 aromatic heterocycles. The summed E-state index contributed by atoms with van der Waals surface area (Å²) in [6, 6.07) is 16.1. The summed E-state index contributed by atoms with van der Waals surface area (Å²) < 4.78 is 1.08. The van der Waals surface area contributed by atoms with Crippen LogP contribution in [0.3, 0.4) is 0 Å². The minimum atomic E-state index is -0.0675. The van der Waals surface area contributed by atoms with Crippen LogP contribution in [0.2, 0.25) is 0 Å². The van der Waals surface area contributed by atoms with E-state index in [-0.39, 0.29) is 11.3 Å². The molecule has 0 fully saturated rings. The van der Waals surface area contributed by atoms with Crippen LogP contribution in [0.15, 0.2) is 58.0 Å². The molecule has 5 nitrogen and oxygen atoms in total. The molecule has 6 heteroatoms. The fourth-order valence-electron chi connectivity index (χ4n) is 2.87. The lowest BCUT2D eigenvalue weighted by Gasteiger charge is -2.27. The summed E-state index contributed by atoms with van der Waals surface area (Å²) in [5.41, 5.74) is 3.01. The molecule has 0 spiro atoms. The molecule has 28 heavy (non-hydrogen) atoms. The van der Waals surface area contributed by atoms with Gasteiger partial charge in [-0.2, -0.15) is 0 Å². The second-order valence-corrected chi connectivity index (χ2v) is 8.19. The maximum atomic E-state index is 11.8. The highest BCUT2D eigenvalue weighted by molar-refractivity contribution is 9.10. The summed E-state index contributed by atoms with van der Waals surface area (Å²) >= 11 is 3.54. The van der Waals surface area contributed by atoms with Gasteiger partial charge < -0.3 is 16.0 Å². The summed E-state index contributed by atoms with van der Waals surface area (Å²) in [6.45, 7) is 5.90. The van der Waals surface area contributed by atoms with Gasteiger partial charge in [0.1, 0.15) is 0 Å². The summed E-state index contributed by atoms with van der Waals surface area (Å²) in [7, 11) is 3.41. The maximum Gasteiger partial charge on any atom is 0.251 e. The molecular weight excluding hydrogens is 416 g/mol. The van der Waals surface area contributed by atoms with E-state index in [1.54, 1.807) is 14.1 Å². The number of amides is 1. The molecule has 0 unspecified atom stereocenters. The molecule has 0 heterocycles. The lowest BCUT2D eigenvalue weighted by atomic mass is 9.85. The number of nitrogens with one attached hydrogen (secondary N) is 3. The fraction of sp³-hybridized carbons (Fsp3) is 0.364. The van der Waals surface area contributed by atoms with E-state index < -0.39 is 0 Å². The summed E-state index contributed by atoms with van der Waals surface area (Å²) in [6.07, 6.45) is 0.806. The Balaban J connectivity index is 1.87. The largest absolute Gasteiger partial charge is 0.356 e. The van der Waals surface area contributed by atoms with Gasteiger partial charge in [0.15, 0.2) is 5.96 Å². The molecule has 0 saturated carbocycles. The van der Waals surface area contributed by atoms with Crippen LogP contribution in [0.1, 0.15) is 35.3 Å². The minimum absolute atomic E-state index is 0.0384. The van der Waals surface area contributed by atoms with E-state index in [1.165, 1.54) is 5.56 Å². The number of halogens is 1. The zero-order valence-electron chi connectivity index (χ0n) is 17.0. The zero-order valence-corrected chi connectivity index (χ0v) is 18.6. The van der Waals surface area contributed by atoms with E-state index in [9.17, 15) is 4.79 Å². The molecular formula is C22H29BrN4O. The van der Waals surface area contributed by atoms with Gasteiger partial charge in [0, 0.05) is 42.6 Å². The van der Waals surface area contributed by atoms with Gasteiger partial charge in [-0.05, 0) is 41.8 Å². The quantitative estimate of drug-likeness (QED) is 0.452. The molecule has 1 amide bonds. The Morgan fingerprint density at radius 1 is 1.11 bits per heavy atom. The Bertz CT molecular complexity index is 833. The fourth-order valence-corrected chi connectivity index (χ4v) is 3.27. The number of hydrogen-bond donors (Lipinski definition) is 3. The third kappa shape index (κ3) is 6.37. The summed E-state index contributed by atoms with van der Waals surface area (Å²) in [4.78, 5) is 16.1. The third-order valence-electron chi connectivity index (χ3n) is 4.65. The number of carbonyl (C=O) groups excluding carboxylic acids is 1. The van der Waals surface area contributed by atoms with E-state index in [2.05, 4.69) is 68.9 Å². The molecule has 0 aliphatic heterocycles. The third-order valence-corrected chi connectivity index (χ3v) is 5.14. The van der Waals surface area contributed by atoms with Gasteiger partial charge in [0.25, 0.3) is 5.91 Å². The van der Waals surface area contributed by atoms with Crippen molar-refractivity contribution in [2.45, 2.75) is 25.7 Å². The highest BCUT2D eigenvalue weighted by atomic mass is 79.9. The number of guanidine groups is 1. The van der Waals surface area contributed by atoms with Gasteiger partial charge >= 0.3 is 0 Å². The van der Waals surface area contributed by atoms with Gasteiger partial charge in [-0.3, -0.25) is 9.79 Å². The molecule has 150 valence electrons. The molecule has 0 radical (unpaired) electrons. The normalized spacial score (nSPS) is 11.8. The number of hydrogen-bond acceptors (Lipinski definition) is 2. The van der Waals surface area contributed by atoms with E-state index in [1.807, 2.05) is 30.3 Å². The molecule has 0 aliphatic carbocycles. The first-order chi connectivity index (χ1) is 13.4. The van der Waals surface area contributed by atoms with Crippen molar-refractivity contribution >= 4 is 27.8 Å². The molecule has 0 atom stereocenters. The Labute approximate surface area is 176 Å². The van der Waals surface area contributed by atoms with E-state index in [0.717, 1.165) is 35.5 Å². The minimum Gasteiger partial charge on any atom is -0.356 e. The second kappa shape index (κ2) is 10.3. The van der Waals surface area contributed by atoms with Gasteiger partial charge in [0.05, 0.1) is 0 Å². The number of nitrogens with zero attached hydrogens (tertiary/aromatic N) is 1. The van der Waals surface area contributed by atoms with Gasteiger partial charge in [0.2, 0.25) is 0 Å². The molecule has 2 aromatic carbocycles. The van der Waals surface area contributed by atoms with Crippen LogP contribution in [-0.2, 0) is 11.8 Å². The van der Waals surface area contributed by atoms with Crippen LogP contribution >= 0.6 is 15.9 Å². The van der Waals surface area contributed by atoms with Crippen molar-refractivity contribution < 1.29 is 4.79 Å². The first-order valence-corrected chi connectivity index (χ1v) is 10.2. The van der Waals surface area contributed by atoms with E-state index >= 15 is 0 Å². The monoisotopic (exact) mass is 444 g/mol. The van der Waals surface area contributed by atoms with Crippen LogP contribution in [0, 0.1) is 0 Å². The van der Waals surface area contributed by atoms with Crippen molar-refractivity contribution in [1.82, 2.24) is 16.0 Å². The smallest absolute Gasteiger partial charge is 0.251 e. The lowest BCUT2D eigenvalue weighted by molar-refractivity contribution is 0.0963. The first-order valence-electron chi connectivity index (χ1n) is 9.37. The molecule has 0 aliphatic rings. The van der Waals surface area contributed by atoms with Gasteiger partial charge in [-0.25, -0.2) is 0 Å². The predicted octanol–water partition coefficient (Wildman–Crippen LogP) is 3.49. The van der Waals surface area contributed by atoms with Crippen LogP contribution in [0.25, 0.3) is 0 Å². The zero-order chi connectivity index (χ0) is 20.6. The van der Waals surface area contributed by atoms with Crippen molar-refractivity contribution in [2.75, 3.05) is 27.2 Å². The topological polar surface area (TPSA) is 65.5 Å². The summed E-state index contributed by atoms with van der Waals surface area (Å²) in [5, 5.41) is 9.41. The molecule has 0 saturated heterocycles. The average molecular weight is 445 g/mol. The van der Waals surface area contributed by atoms with E-state index in [0.29, 0.717) is 5.56 Å². The van der Waals surface area contributed by atoms with Crippen molar-refractivity contribution in [3.63, 3.8) is 0 Å². The average Bonchev–Trinajstić information content (AvgIpc) is 2.70. The molecule has 3 N–H and O–H groups in total. The Morgan fingerprint density at radius 3 is 2.54 bits per heavy atom. The number of aliphatic imine (C=N–C) groups is 1. The van der Waals surface area contributed by atoms with Crippen LogP contribution in [0.5, 0.6) is 0 Å². The van der Waals surface area contributed by atoms with Gasteiger partial charge in [-0.1, -0.05) is 54.0 Å².